The van der Waals surface area contributed by atoms with E-state index in [0.717, 1.165) is 17.0 Å². The lowest BCUT2D eigenvalue weighted by Gasteiger charge is -2.24. The number of benzene rings is 1. The van der Waals surface area contributed by atoms with Gasteiger partial charge in [0.05, 0.1) is 25.4 Å². The molecule has 12 heteroatoms. The Hall–Kier alpha value is -2.28. The maximum Gasteiger partial charge on any atom is 0.414 e. The number of ether oxygens (including phenoxy) is 1. The second-order valence-corrected chi connectivity index (χ2v) is 6.34. The molecule has 2 aliphatic heterocycles. The lowest BCUT2D eigenvalue weighted by molar-refractivity contribution is -0.0909. The Bertz CT molecular complexity index is 717. The van der Waals surface area contributed by atoms with Gasteiger partial charge in [-0.15, -0.1) is 0 Å². The molecule has 4 N–H and O–H groups in total. The molecule has 2 fully saturated rings. The number of nitrogens with one attached hydrogen (secondary N) is 1. The molecule has 0 unspecified atom stereocenters. The van der Waals surface area contributed by atoms with E-state index in [-0.39, 0.29) is 55.8 Å². The van der Waals surface area contributed by atoms with Crippen LogP contribution in [0.1, 0.15) is 0 Å². The third-order valence-electron chi connectivity index (χ3n) is 4.27. The van der Waals surface area contributed by atoms with Gasteiger partial charge < -0.3 is 15.4 Å². The monoisotopic (exact) mass is 403 g/mol. The van der Waals surface area contributed by atoms with Gasteiger partial charge >= 0.3 is 6.09 Å². The van der Waals surface area contributed by atoms with Crippen LogP contribution in [-0.4, -0.2) is 66.9 Å². The predicted octanol–water partition coefficient (Wildman–Crippen LogP) is 0.566. The Labute approximate surface area is 159 Å². The van der Waals surface area contributed by atoms with E-state index in [1.165, 1.54) is 9.96 Å². The standard InChI is InChI=1S/C15H19F2N5O4S/c16-11-5-9(21-8-10(7-18)26-15(21)23)6-12(17)13(11)20-1-2-22(14(27)19-24)25-4-3-20/h5-6,10,24H,1-4,7-8,18H2,(H,19,27)/t10-/m0/s1. The first kappa shape index (κ1) is 19.5. The van der Waals surface area contributed by atoms with Crippen molar-refractivity contribution in [3.8, 4) is 0 Å². The van der Waals surface area contributed by atoms with Gasteiger partial charge in [0.2, 0.25) is 5.11 Å². The molecule has 1 atom stereocenters. The van der Waals surface area contributed by atoms with Gasteiger partial charge in [0, 0.05) is 31.8 Å². The molecule has 148 valence electrons. The van der Waals surface area contributed by atoms with Crippen molar-refractivity contribution in [2.24, 2.45) is 5.73 Å². The third kappa shape index (κ3) is 4.03. The molecule has 2 heterocycles. The molecular formula is C15H19F2N5O4S. The molecule has 0 radical (unpaired) electrons. The van der Waals surface area contributed by atoms with E-state index in [2.05, 4.69) is 0 Å². The maximum atomic E-state index is 14.7. The SMILES string of the molecule is NC[C@H]1CN(c2cc(F)c(N3CCON(C(=S)NO)CC3)c(F)c2)C(=O)O1. The Morgan fingerprint density at radius 3 is 2.63 bits per heavy atom. The molecule has 0 bridgehead atoms. The number of cyclic esters (lactones) is 1. The summed E-state index contributed by atoms with van der Waals surface area (Å²) in [6, 6.07) is 2.17. The van der Waals surface area contributed by atoms with Crippen LogP contribution in [-0.2, 0) is 9.57 Å². The second kappa shape index (κ2) is 8.17. The van der Waals surface area contributed by atoms with Crippen molar-refractivity contribution < 1.29 is 28.4 Å². The number of nitrogens with zero attached hydrogens (tertiary/aromatic N) is 3. The lowest BCUT2D eigenvalue weighted by Crippen LogP contribution is -2.40. The molecule has 2 aliphatic rings. The molecule has 1 aromatic carbocycles. The smallest absolute Gasteiger partial charge is 0.414 e. The fourth-order valence-electron chi connectivity index (χ4n) is 2.95. The Balaban J connectivity index is 1.79. The van der Waals surface area contributed by atoms with Crippen molar-refractivity contribution in [2.75, 3.05) is 49.1 Å². The molecule has 0 aromatic heterocycles. The first-order valence-electron chi connectivity index (χ1n) is 8.21. The number of carbonyl (C=O) groups is 1. The molecule has 1 aromatic rings. The Kier molecular flexibility index (Phi) is 5.89. The number of rotatable bonds is 3. The highest BCUT2D eigenvalue weighted by Crippen LogP contribution is 2.31. The summed E-state index contributed by atoms with van der Waals surface area (Å²) in [6.07, 6.45) is -1.21. The third-order valence-corrected chi connectivity index (χ3v) is 4.56. The zero-order valence-electron chi connectivity index (χ0n) is 14.2. The molecule has 0 saturated carbocycles. The summed E-state index contributed by atoms with van der Waals surface area (Å²) in [5, 5.41) is 10.0. The molecule has 2 saturated heterocycles. The summed E-state index contributed by atoms with van der Waals surface area (Å²) >= 11 is 4.87. The molecule has 1 amide bonds. The van der Waals surface area contributed by atoms with Crippen LogP contribution in [0.3, 0.4) is 0 Å². The van der Waals surface area contributed by atoms with E-state index >= 15 is 0 Å². The summed E-state index contributed by atoms with van der Waals surface area (Å²) in [5.41, 5.74) is 7.11. The first-order valence-corrected chi connectivity index (χ1v) is 8.62. The van der Waals surface area contributed by atoms with Gasteiger partial charge in [-0.2, -0.15) is 0 Å². The first-order chi connectivity index (χ1) is 12.9. The number of halogens is 2. The number of thiocarbonyl (C=S) groups is 1. The minimum absolute atomic E-state index is 0.0462. The van der Waals surface area contributed by atoms with Gasteiger partial charge in [-0.3, -0.25) is 14.9 Å². The van der Waals surface area contributed by atoms with Crippen LogP contribution in [0.25, 0.3) is 0 Å². The highest BCUT2D eigenvalue weighted by atomic mass is 32.1. The van der Waals surface area contributed by atoms with Gasteiger partial charge in [-0.1, -0.05) is 0 Å². The average Bonchev–Trinajstić information content (AvgIpc) is 2.86. The zero-order valence-corrected chi connectivity index (χ0v) is 15.0. The van der Waals surface area contributed by atoms with Crippen LogP contribution in [0.5, 0.6) is 0 Å². The number of hydroxylamine groups is 3. The summed E-state index contributed by atoms with van der Waals surface area (Å²) < 4.78 is 34.4. The van der Waals surface area contributed by atoms with Gasteiger partial charge in [0.15, 0.2) is 11.6 Å². The molecule has 3 rings (SSSR count). The van der Waals surface area contributed by atoms with Gasteiger partial charge in [-0.05, 0) is 12.2 Å². The minimum atomic E-state index is -0.815. The van der Waals surface area contributed by atoms with Crippen LogP contribution in [0.15, 0.2) is 12.1 Å². The molecule has 0 aliphatic carbocycles. The lowest BCUT2D eigenvalue weighted by atomic mass is 10.2. The quantitative estimate of drug-likeness (QED) is 0.494. The number of hydrogen-bond acceptors (Lipinski definition) is 7. The predicted molar refractivity (Wildman–Crippen MR) is 95.4 cm³/mol. The average molecular weight is 403 g/mol. The van der Waals surface area contributed by atoms with Crippen molar-refractivity contribution in [1.29, 1.82) is 0 Å². The zero-order chi connectivity index (χ0) is 19.6. The van der Waals surface area contributed by atoms with Crippen molar-refractivity contribution in [2.45, 2.75) is 6.10 Å². The highest BCUT2D eigenvalue weighted by molar-refractivity contribution is 7.80. The molecule has 0 spiro atoms. The van der Waals surface area contributed by atoms with Crippen LogP contribution < -0.4 is 21.0 Å². The van der Waals surface area contributed by atoms with Crippen LogP contribution in [0, 0.1) is 11.6 Å². The van der Waals surface area contributed by atoms with E-state index in [1.54, 1.807) is 5.48 Å². The topological polar surface area (TPSA) is 104 Å². The van der Waals surface area contributed by atoms with E-state index < -0.39 is 23.8 Å². The van der Waals surface area contributed by atoms with E-state index in [9.17, 15) is 13.6 Å². The number of amides is 1. The van der Waals surface area contributed by atoms with Crippen molar-refractivity contribution in [3.05, 3.63) is 23.8 Å². The number of nitrogens with two attached hydrogens (primary N) is 1. The second-order valence-electron chi connectivity index (χ2n) is 5.95. The molecule has 27 heavy (non-hydrogen) atoms. The van der Waals surface area contributed by atoms with E-state index in [4.69, 9.17) is 32.7 Å². The summed E-state index contributed by atoms with van der Waals surface area (Å²) in [5.74, 6) is -1.63. The van der Waals surface area contributed by atoms with Crippen molar-refractivity contribution in [1.82, 2.24) is 10.5 Å². The largest absolute Gasteiger partial charge is 0.443 e. The summed E-state index contributed by atoms with van der Waals surface area (Å²) in [7, 11) is 0. The molecule has 9 nitrogen and oxygen atoms in total. The minimum Gasteiger partial charge on any atom is -0.443 e. The van der Waals surface area contributed by atoms with Crippen LogP contribution in [0.4, 0.5) is 25.0 Å². The van der Waals surface area contributed by atoms with E-state index in [0.29, 0.717) is 0 Å². The number of anilines is 2. The summed E-state index contributed by atoms with van der Waals surface area (Å²) in [4.78, 5) is 19.8. The van der Waals surface area contributed by atoms with Crippen LogP contribution >= 0.6 is 12.2 Å². The van der Waals surface area contributed by atoms with Gasteiger partial charge in [0.25, 0.3) is 0 Å². The Morgan fingerprint density at radius 2 is 2.04 bits per heavy atom. The van der Waals surface area contributed by atoms with Crippen molar-refractivity contribution in [3.63, 3.8) is 0 Å². The maximum absolute atomic E-state index is 14.7. The normalized spacial score (nSPS) is 20.5. The van der Waals surface area contributed by atoms with Crippen LogP contribution in [0.2, 0.25) is 0 Å². The van der Waals surface area contributed by atoms with Gasteiger partial charge in [-0.25, -0.2) is 24.1 Å². The summed E-state index contributed by atoms with van der Waals surface area (Å²) in [6.45, 7) is 0.962. The van der Waals surface area contributed by atoms with Gasteiger partial charge in [0.1, 0.15) is 11.8 Å². The number of carbonyl (C=O) groups excluding carboxylic acids is 1. The fourth-order valence-corrected chi connectivity index (χ4v) is 3.10. The fraction of sp³-hybridized carbons (Fsp3) is 0.467. The van der Waals surface area contributed by atoms with Crippen molar-refractivity contribution >= 4 is 34.8 Å². The number of hydrogen-bond donors (Lipinski definition) is 3. The van der Waals surface area contributed by atoms with E-state index in [1.807, 2.05) is 0 Å². The Morgan fingerprint density at radius 1 is 1.33 bits per heavy atom. The molecular weight excluding hydrogens is 384 g/mol. The highest BCUT2D eigenvalue weighted by Gasteiger charge is 2.33.